The van der Waals surface area contributed by atoms with E-state index in [9.17, 15) is 4.79 Å². The number of halogens is 2. The molecular weight excluding hydrogens is 269 g/mol. The van der Waals surface area contributed by atoms with Crippen LogP contribution in [0, 0.1) is 17.8 Å². The lowest BCUT2D eigenvalue weighted by molar-refractivity contribution is -0.123. The Balaban J connectivity index is 1.99. The minimum absolute atomic E-state index is 0.0269. The van der Waals surface area contributed by atoms with Gasteiger partial charge in [-0.25, -0.2) is 0 Å². The number of hydrogen-bond donors (Lipinski definition) is 1. The number of carbonyl (C=O) groups is 1. The van der Waals surface area contributed by atoms with Crippen molar-refractivity contribution < 1.29 is 4.79 Å². The smallest absolute Gasteiger partial charge is 0.221 e. The zero-order valence-corrected chi connectivity index (χ0v) is 11.4. The second-order valence-electron chi connectivity index (χ2n) is 5.46. The number of benzene rings is 1. The molecule has 2 fully saturated rings. The van der Waals surface area contributed by atoms with Gasteiger partial charge in [-0.05, 0) is 54.7 Å². The number of rotatable bonds is 2. The normalized spacial score (nSPS) is 33.9. The summed E-state index contributed by atoms with van der Waals surface area (Å²) in [6.07, 6.45) is 3.45. The van der Waals surface area contributed by atoms with Crippen molar-refractivity contribution in [3.63, 3.8) is 0 Å². The summed E-state index contributed by atoms with van der Waals surface area (Å²) in [5.41, 5.74) is 6.69. The van der Waals surface area contributed by atoms with Crippen molar-refractivity contribution >= 4 is 29.1 Å². The Morgan fingerprint density at radius 2 is 1.89 bits per heavy atom. The lowest BCUT2D eigenvalue weighted by Crippen LogP contribution is -2.33. The van der Waals surface area contributed by atoms with Crippen molar-refractivity contribution in [2.75, 3.05) is 0 Å². The molecule has 0 aliphatic heterocycles. The number of amides is 1. The van der Waals surface area contributed by atoms with E-state index in [0.29, 0.717) is 21.9 Å². The maximum absolute atomic E-state index is 11.7. The third kappa shape index (κ3) is 1.83. The third-order valence-corrected chi connectivity index (χ3v) is 5.31. The number of nitrogens with two attached hydrogens (primary N) is 1. The predicted molar refractivity (Wildman–Crippen MR) is 72.7 cm³/mol. The zero-order chi connectivity index (χ0) is 12.9. The largest absolute Gasteiger partial charge is 0.369 e. The van der Waals surface area contributed by atoms with Gasteiger partial charge in [-0.3, -0.25) is 4.79 Å². The van der Waals surface area contributed by atoms with Crippen molar-refractivity contribution in [2.45, 2.75) is 25.2 Å². The first-order chi connectivity index (χ1) is 8.58. The number of fused-ring (bicyclic) bond motifs is 2. The van der Waals surface area contributed by atoms with Crippen molar-refractivity contribution in [1.82, 2.24) is 0 Å². The summed E-state index contributed by atoms with van der Waals surface area (Å²) in [4.78, 5) is 11.7. The van der Waals surface area contributed by atoms with Crippen LogP contribution >= 0.6 is 23.2 Å². The van der Waals surface area contributed by atoms with E-state index in [-0.39, 0.29) is 17.7 Å². The molecule has 0 saturated heterocycles. The van der Waals surface area contributed by atoms with E-state index >= 15 is 0 Å². The molecule has 1 amide bonds. The van der Waals surface area contributed by atoms with Crippen LogP contribution in [0.15, 0.2) is 18.2 Å². The summed E-state index contributed by atoms with van der Waals surface area (Å²) in [5, 5.41) is 1.11. The van der Waals surface area contributed by atoms with Gasteiger partial charge in [-0.1, -0.05) is 29.3 Å². The van der Waals surface area contributed by atoms with Gasteiger partial charge < -0.3 is 5.73 Å². The maximum Gasteiger partial charge on any atom is 0.221 e. The molecule has 2 bridgehead atoms. The van der Waals surface area contributed by atoms with Gasteiger partial charge in [0, 0.05) is 5.92 Å². The average molecular weight is 284 g/mol. The first-order valence-corrected chi connectivity index (χ1v) is 7.08. The molecule has 2 aliphatic rings. The molecule has 18 heavy (non-hydrogen) atoms. The summed E-state index contributed by atoms with van der Waals surface area (Å²) < 4.78 is 0. The molecule has 2 aliphatic carbocycles. The first kappa shape index (κ1) is 12.3. The molecule has 2 N–H and O–H groups in total. The Kier molecular flexibility index (Phi) is 3.03. The van der Waals surface area contributed by atoms with E-state index in [0.717, 1.165) is 18.4 Å². The Morgan fingerprint density at radius 3 is 2.56 bits per heavy atom. The van der Waals surface area contributed by atoms with Crippen LogP contribution < -0.4 is 5.73 Å². The van der Waals surface area contributed by atoms with E-state index in [1.807, 2.05) is 18.2 Å². The van der Waals surface area contributed by atoms with E-state index in [1.54, 1.807) is 0 Å². The first-order valence-electron chi connectivity index (χ1n) is 6.32. The summed E-state index contributed by atoms with van der Waals surface area (Å²) >= 11 is 12.0. The maximum atomic E-state index is 11.7. The average Bonchev–Trinajstić information content (AvgIpc) is 2.92. The highest BCUT2D eigenvalue weighted by atomic mass is 35.5. The molecule has 0 heterocycles. The van der Waals surface area contributed by atoms with E-state index < -0.39 is 0 Å². The molecule has 0 radical (unpaired) electrons. The van der Waals surface area contributed by atoms with Crippen LogP contribution in [0.2, 0.25) is 10.0 Å². The zero-order valence-electron chi connectivity index (χ0n) is 9.90. The van der Waals surface area contributed by atoms with E-state index in [1.165, 1.54) is 6.42 Å². The van der Waals surface area contributed by atoms with Crippen LogP contribution in [0.5, 0.6) is 0 Å². The van der Waals surface area contributed by atoms with Gasteiger partial charge in [0.05, 0.1) is 10.0 Å². The highest BCUT2D eigenvalue weighted by Gasteiger charge is 2.50. The van der Waals surface area contributed by atoms with Crippen LogP contribution in [0.4, 0.5) is 0 Å². The lowest BCUT2D eigenvalue weighted by Gasteiger charge is -2.29. The molecular formula is C14H15Cl2NO. The van der Waals surface area contributed by atoms with Crippen LogP contribution in [-0.4, -0.2) is 5.91 Å². The standard InChI is InChI=1S/C14H15Cl2NO/c15-10-4-3-9(6-11(10)16)12-7-1-2-8(5-7)13(12)14(17)18/h3-4,6-8,12-13H,1-2,5H2,(H2,17,18)/t7-,8+,12-,13+/m0/s1. The Morgan fingerprint density at radius 1 is 1.17 bits per heavy atom. The molecule has 1 aromatic rings. The Bertz CT molecular complexity index is 503. The highest BCUT2D eigenvalue weighted by molar-refractivity contribution is 6.42. The van der Waals surface area contributed by atoms with E-state index in [4.69, 9.17) is 28.9 Å². The van der Waals surface area contributed by atoms with Crippen molar-refractivity contribution in [3.05, 3.63) is 33.8 Å². The second-order valence-corrected chi connectivity index (χ2v) is 6.28. The van der Waals surface area contributed by atoms with Crippen LogP contribution in [0.1, 0.15) is 30.7 Å². The molecule has 4 atom stereocenters. The van der Waals surface area contributed by atoms with Gasteiger partial charge in [-0.15, -0.1) is 0 Å². The number of carbonyl (C=O) groups excluding carboxylic acids is 1. The fourth-order valence-corrected chi connectivity index (χ4v) is 4.21. The topological polar surface area (TPSA) is 43.1 Å². The van der Waals surface area contributed by atoms with Gasteiger partial charge in [-0.2, -0.15) is 0 Å². The SMILES string of the molecule is NC(=O)[C@@H]1[C@@H]2CC[C@@H](C2)[C@H]1c1ccc(Cl)c(Cl)c1. The van der Waals surface area contributed by atoms with Gasteiger partial charge in [0.1, 0.15) is 0 Å². The minimum atomic E-state index is -0.168. The molecule has 2 nitrogen and oxygen atoms in total. The molecule has 96 valence electrons. The summed E-state index contributed by atoms with van der Waals surface area (Å²) in [5.74, 6) is 1.08. The highest BCUT2D eigenvalue weighted by Crippen LogP contribution is 2.56. The second kappa shape index (κ2) is 4.43. The Hall–Kier alpha value is -0.730. The molecule has 1 aromatic carbocycles. The Labute approximate surface area is 116 Å². The lowest BCUT2D eigenvalue weighted by atomic mass is 9.75. The molecule has 4 heteroatoms. The van der Waals surface area contributed by atoms with Crippen molar-refractivity contribution in [2.24, 2.45) is 23.5 Å². The van der Waals surface area contributed by atoms with Crippen LogP contribution in [0.25, 0.3) is 0 Å². The molecule has 2 saturated carbocycles. The molecule has 0 unspecified atom stereocenters. The fourth-order valence-electron chi connectivity index (χ4n) is 3.90. The van der Waals surface area contributed by atoms with Crippen molar-refractivity contribution in [1.29, 1.82) is 0 Å². The molecule has 0 spiro atoms. The monoisotopic (exact) mass is 283 g/mol. The van der Waals surface area contributed by atoms with Crippen molar-refractivity contribution in [3.8, 4) is 0 Å². The minimum Gasteiger partial charge on any atom is -0.369 e. The fraction of sp³-hybridized carbons (Fsp3) is 0.500. The van der Waals surface area contributed by atoms with Gasteiger partial charge in [0.25, 0.3) is 0 Å². The quantitative estimate of drug-likeness (QED) is 0.885. The number of hydrogen-bond acceptors (Lipinski definition) is 1. The van der Waals surface area contributed by atoms with Gasteiger partial charge in [0.2, 0.25) is 5.91 Å². The van der Waals surface area contributed by atoms with Crippen LogP contribution in [-0.2, 0) is 4.79 Å². The van der Waals surface area contributed by atoms with Crippen LogP contribution in [0.3, 0.4) is 0 Å². The summed E-state index contributed by atoms with van der Waals surface area (Å²) in [6, 6.07) is 5.68. The van der Waals surface area contributed by atoms with E-state index in [2.05, 4.69) is 0 Å². The van der Waals surface area contributed by atoms with Gasteiger partial charge >= 0.3 is 0 Å². The third-order valence-electron chi connectivity index (χ3n) is 4.57. The predicted octanol–water partition coefficient (Wildman–Crippen LogP) is 3.61. The summed E-state index contributed by atoms with van der Waals surface area (Å²) in [6.45, 7) is 0. The summed E-state index contributed by atoms with van der Waals surface area (Å²) in [7, 11) is 0. The number of primary amides is 1. The van der Waals surface area contributed by atoms with Gasteiger partial charge in [0.15, 0.2) is 0 Å². The molecule has 0 aromatic heterocycles. The molecule has 3 rings (SSSR count).